The van der Waals surface area contributed by atoms with Crippen molar-refractivity contribution in [2.75, 3.05) is 20.2 Å². The Labute approximate surface area is 131 Å². The summed E-state index contributed by atoms with van der Waals surface area (Å²) in [6, 6.07) is 3.41. The molecular formula is C13H15BrFNO4S. The first-order valence-electron chi connectivity index (χ1n) is 6.30. The minimum Gasteiger partial charge on any atom is -0.469 e. The van der Waals surface area contributed by atoms with Crippen LogP contribution in [0.15, 0.2) is 27.6 Å². The van der Waals surface area contributed by atoms with E-state index in [1.165, 1.54) is 17.5 Å². The number of hydrogen-bond donors (Lipinski definition) is 0. The second-order valence-corrected chi connectivity index (χ2v) is 7.76. The predicted molar refractivity (Wildman–Crippen MR) is 77.5 cm³/mol. The Hall–Kier alpha value is -0.990. The lowest BCUT2D eigenvalue weighted by Crippen LogP contribution is -2.30. The van der Waals surface area contributed by atoms with Crippen LogP contribution in [0.5, 0.6) is 0 Å². The topological polar surface area (TPSA) is 63.7 Å². The van der Waals surface area contributed by atoms with E-state index in [1.807, 2.05) is 0 Å². The smallest absolute Gasteiger partial charge is 0.310 e. The van der Waals surface area contributed by atoms with Gasteiger partial charge >= 0.3 is 5.97 Å². The summed E-state index contributed by atoms with van der Waals surface area (Å²) >= 11 is 3.07. The highest BCUT2D eigenvalue weighted by Gasteiger charge is 2.41. The standard InChI is InChI=1S/C13H15BrFNO4S/c1-8-6-16(7-10(8)13(17)20-2)21(18,19)12-4-3-9(15)5-11(12)14/h3-5,8,10H,6-7H2,1-2H3. The fourth-order valence-corrected chi connectivity index (χ4v) is 4.98. The van der Waals surface area contributed by atoms with Crippen molar-refractivity contribution in [2.24, 2.45) is 11.8 Å². The molecule has 116 valence electrons. The Bertz CT molecular complexity index is 664. The molecule has 0 saturated carbocycles. The van der Waals surface area contributed by atoms with Gasteiger partial charge in [0.15, 0.2) is 0 Å². The summed E-state index contributed by atoms with van der Waals surface area (Å²) in [5.41, 5.74) is 0. The van der Waals surface area contributed by atoms with Crippen LogP contribution in [0, 0.1) is 17.7 Å². The number of ether oxygens (including phenoxy) is 1. The molecular weight excluding hydrogens is 365 g/mol. The zero-order valence-electron chi connectivity index (χ0n) is 11.5. The highest BCUT2D eigenvalue weighted by Crippen LogP contribution is 2.32. The number of carbonyl (C=O) groups is 1. The van der Waals surface area contributed by atoms with Crippen LogP contribution in [0.25, 0.3) is 0 Å². The van der Waals surface area contributed by atoms with Gasteiger partial charge in [0, 0.05) is 17.6 Å². The van der Waals surface area contributed by atoms with Gasteiger partial charge in [0.25, 0.3) is 0 Å². The highest BCUT2D eigenvalue weighted by atomic mass is 79.9. The van der Waals surface area contributed by atoms with Crippen LogP contribution in [0.4, 0.5) is 4.39 Å². The summed E-state index contributed by atoms with van der Waals surface area (Å²) < 4.78 is 44.4. The third-order valence-electron chi connectivity index (χ3n) is 3.59. The summed E-state index contributed by atoms with van der Waals surface area (Å²) in [4.78, 5) is 11.6. The molecule has 1 saturated heterocycles. The second-order valence-electron chi connectivity index (χ2n) is 5.00. The number of halogens is 2. The normalized spacial score (nSPS) is 23.2. The van der Waals surface area contributed by atoms with E-state index >= 15 is 0 Å². The molecule has 0 N–H and O–H groups in total. The largest absolute Gasteiger partial charge is 0.469 e. The van der Waals surface area contributed by atoms with Gasteiger partial charge in [-0.1, -0.05) is 6.92 Å². The maximum atomic E-state index is 13.1. The van der Waals surface area contributed by atoms with Gasteiger partial charge in [-0.25, -0.2) is 12.8 Å². The van der Waals surface area contributed by atoms with Crippen molar-refractivity contribution >= 4 is 31.9 Å². The Morgan fingerprint density at radius 2 is 2.10 bits per heavy atom. The van der Waals surface area contributed by atoms with Gasteiger partial charge in [0.2, 0.25) is 10.0 Å². The maximum Gasteiger partial charge on any atom is 0.310 e. The lowest BCUT2D eigenvalue weighted by atomic mass is 9.99. The average molecular weight is 380 g/mol. The van der Waals surface area contributed by atoms with Crippen LogP contribution in [0.3, 0.4) is 0 Å². The molecule has 1 aromatic carbocycles. The zero-order valence-corrected chi connectivity index (χ0v) is 13.9. The van der Waals surface area contributed by atoms with Crippen molar-refractivity contribution < 1.29 is 22.3 Å². The average Bonchev–Trinajstić information content (AvgIpc) is 2.80. The van der Waals surface area contributed by atoms with E-state index in [2.05, 4.69) is 15.9 Å². The van der Waals surface area contributed by atoms with Crippen LogP contribution in [0.2, 0.25) is 0 Å². The summed E-state index contributed by atoms with van der Waals surface area (Å²) in [5, 5.41) is 0. The van der Waals surface area contributed by atoms with E-state index in [0.29, 0.717) is 0 Å². The number of carbonyl (C=O) groups excluding carboxylic acids is 1. The molecule has 1 aliphatic heterocycles. The molecule has 21 heavy (non-hydrogen) atoms. The molecule has 2 rings (SSSR count). The minimum absolute atomic E-state index is 0.0124. The quantitative estimate of drug-likeness (QED) is 0.753. The van der Waals surface area contributed by atoms with Gasteiger partial charge in [-0.3, -0.25) is 4.79 Å². The van der Waals surface area contributed by atoms with E-state index in [4.69, 9.17) is 4.74 Å². The molecule has 0 bridgehead atoms. The van der Waals surface area contributed by atoms with Gasteiger partial charge < -0.3 is 4.74 Å². The van der Waals surface area contributed by atoms with Crippen LogP contribution in [0.1, 0.15) is 6.92 Å². The Morgan fingerprint density at radius 1 is 1.43 bits per heavy atom. The molecule has 0 spiro atoms. The summed E-state index contributed by atoms with van der Waals surface area (Å²) in [6.45, 7) is 2.10. The molecule has 1 aliphatic rings. The third-order valence-corrected chi connectivity index (χ3v) is 6.40. The fraction of sp³-hybridized carbons (Fsp3) is 0.462. The molecule has 2 atom stereocenters. The molecule has 2 unspecified atom stereocenters. The molecule has 0 aromatic heterocycles. The third kappa shape index (κ3) is 3.12. The Kier molecular flexibility index (Phi) is 4.69. The Balaban J connectivity index is 2.31. The molecule has 0 aliphatic carbocycles. The molecule has 0 amide bonds. The maximum absolute atomic E-state index is 13.1. The summed E-state index contributed by atoms with van der Waals surface area (Å²) in [5.74, 6) is -1.56. The van der Waals surface area contributed by atoms with E-state index in [1.54, 1.807) is 6.92 Å². The van der Waals surface area contributed by atoms with Crippen LogP contribution in [-0.4, -0.2) is 38.9 Å². The zero-order chi connectivity index (χ0) is 15.8. The first kappa shape index (κ1) is 16.4. The molecule has 5 nitrogen and oxygen atoms in total. The van der Waals surface area contributed by atoms with Crippen LogP contribution in [-0.2, 0) is 19.6 Å². The van der Waals surface area contributed by atoms with Crippen molar-refractivity contribution in [3.8, 4) is 0 Å². The molecule has 0 radical (unpaired) electrons. The number of esters is 1. The minimum atomic E-state index is -3.78. The first-order valence-corrected chi connectivity index (χ1v) is 8.53. The van der Waals surface area contributed by atoms with E-state index in [0.717, 1.165) is 12.1 Å². The number of benzene rings is 1. The number of sulfonamides is 1. The Morgan fingerprint density at radius 3 is 2.67 bits per heavy atom. The van der Waals surface area contributed by atoms with Crippen molar-refractivity contribution in [2.45, 2.75) is 11.8 Å². The van der Waals surface area contributed by atoms with Crippen LogP contribution < -0.4 is 0 Å². The summed E-state index contributed by atoms with van der Waals surface area (Å²) in [7, 11) is -2.50. The summed E-state index contributed by atoms with van der Waals surface area (Å²) in [6.07, 6.45) is 0. The fourth-order valence-electron chi connectivity index (χ4n) is 2.40. The van der Waals surface area contributed by atoms with Gasteiger partial charge in [0.1, 0.15) is 5.82 Å². The lowest BCUT2D eigenvalue weighted by molar-refractivity contribution is -0.145. The first-order chi connectivity index (χ1) is 9.77. The molecule has 1 heterocycles. The SMILES string of the molecule is COC(=O)C1CN(S(=O)(=O)c2ccc(F)cc2Br)CC1C. The van der Waals surface area contributed by atoms with Gasteiger partial charge in [-0.15, -0.1) is 0 Å². The number of methoxy groups -OCH3 is 1. The van der Waals surface area contributed by atoms with Crippen molar-refractivity contribution in [1.82, 2.24) is 4.31 Å². The number of hydrogen-bond acceptors (Lipinski definition) is 4. The molecule has 1 aromatic rings. The monoisotopic (exact) mass is 379 g/mol. The van der Waals surface area contributed by atoms with Crippen molar-refractivity contribution in [3.05, 3.63) is 28.5 Å². The van der Waals surface area contributed by atoms with E-state index in [9.17, 15) is 17.6 Å². The molecule has 1 fully saturated rings. The van der Waals surface area contributed by atoms with E-state index < -0.39 is 27.7 Å². The lowest BCUT2D eigenvalue weighted by Gasteiger charge is -2.17. The molecule has 8 heteroatoms. The van der Waals surface area contributed by atoms with Gasteiger partial charge in [0.05, 0.1) is 17.9 Å². The van der Waals surface area contributed by atoms with Gasteiger partial charge in [-0.2, -0.15) is 4.31 Å². The van der Waals surface area contributed by atoms with E-state index in [-0.39, 0.29) is 28.4 Å². The number of nitrogens with zero attached hydrogens (tertiary/aromatic N) is 1. The van der Waals surface area contributed by atoms with Crippen molar-refractivity contribution in [1.29, 1.82) is 0 Å². The van der Waals surface area contributed by atoms with Crippen molar-refractivity contribution in [3.63, 3.8) is 0 Å². The number of rotatable bonds is 3. The van der Waals surface area contributed by atoms with Crippen LogP contribution >= 0.6 is 15.9 Å². The highest BCUT2D eigenvalue weighted by molar-refractivity contribution is 9.10. The second kappa shape index (κ2) is 6.02. The van der Waals surface area contributed by atoms with Gasteiger partial charge in [-0.05, 0) is 40.0 Å². The predicted octanol–water partition coefficient (Wildman–Crippen LogP) is 2.02.